The van der Waals surface area contributed by atoms with Crippen molar-refractivity contribution in [3.05, 3.63) is 53.2 Å². The van der Waals surface area contributed by atoms with Crippen LogP contribution in [0.5, 0.6) is 0 Å². The monoisotopic (exact) mass is 268 g/mol. The molecule has 1 aromatic heterocycles. The van der Waals surface area contributed by atoms with Crippen LogP contribution >= 0.6 is 0 Å². The zero-order valence-electron chi connectivity index (χ0n) is 13.6. The summed E-state index contributed by atoms with van der Waals surface area (Å²) in [7, 11) is 2.15. The largest absolute Gasteiger partial charge is 0.212 e. The number of benzene rings is 1. The third-order valence-corrected chi connectivity index (χ3v) is 4.51. The Morgan fingerprint density at radius 1 is 1.05 bits per heavy atom. The molecule has 0 aliphatic heterocycles. The van der Waals surface area contributed by atoms with E-state index in [0.717, 1.165) is 6.42 Å². The summed E-state index contributed by atoms with van der Waals surface area (Å²) in [4.78, 5) is 0. The molecule has 0 radical (unpaired) electrons. The second-order valence-corrected chi connectivity index (χ2v) is 6.42. The molecule has 0 atom stereocenters. The fraction of sp³-hybridized carbons (Fsp3) is 0.421. The lowest BCUT2D eigenvalue weighted by atomic mass is 9.80. The van der Waals surface area contributed by atoms with Crippen molar-refractivity contribution in [2.24, 2.45) is 7.05 Å². The van der Waals surface area contributed by atoms with Crippen LogP contribution in [0.2, 0.25) is 0 Å². The predicted octanol–water partition coefficient (Wildman–Crippen LogP) is 4.48. The minimum atomic E-state index is 0.228. The molecule has 0 spiro atoms. The molecule has 20 heavy (non-hydrogen) atoms. The fourth-order valence-electron chi connectivity index (χ4n) is 2.78. The van der Waals surface area contributed by atoms with Gasteiger partial charge in [0.05, 0.1) is 0 Å². The van der Waals surface area contributed by atoms with Gasteiger partial charge in [-0.25, -0.2) is 4.57 Å². The fourth-order valence-corrected chi connectivity index (χ4v) is 2.78. The van der Waals surface area contributed by atoms with Crippen molar-refractivity contribution in [1.29, 1.82) is 0 Å². The van der Waals surface area contributed by atoms with Crippen molar-refractivity contribution in [2.45, 2.75) is 46.5 Å². The Hall–Kier alpha value is -1.63. The summed E-state index contributed by atoms with van der Waals surface area (Å²) < 4.78 is 2.27. The maximum Gasteiger partial charge on any atom is 0.212 e. The molecule has 0 unspecified atom stereocenters. The van der Waals surface area contributed by atoms with Gasteiger partial charge in [0, 0.05) is 17.2 Å². The Morgan fingerprint density at radius 3 is 2.30 bits per heavy atom. The first-order valence-electron chi connectivity index (χ1n) is 7.43. The zero-order valence-corrected chi connectivity index (χ0v) is 13.6. The Morgan fingerprint density at radius 2 is 1.70 bits per heavy atom. The predicted molar refractivity (Wildman–Crippen MR) is 85.8 cm³/mol. The first kappa shape index (κ1) is 14.8. The molecular formula is C19H26N+. The van der Waals surface area contributed by atoms with E-state index < -0.39 is 0 Å². The van der Waals surface area contributed by atoms with Crippen LogP contribution in [-0.2, 0) is 12.5 Å². The minimum Gasteiger partial charge on any atom is -0.201 e. The van der Waals surface area contributed by atoms with Gasteiger partial charge in [0.1, 0.15) is 7.05 Å². The maximum absolute atomic E-state index is 2.33. The van der Waals surface area contributed by atoms with Crippen LogP contribution in [0, 0.1) is 13.8 Å². The van der Waals surface area contributed by atoms with Crippen molar-refractivity contribution < 1.29 is 4.57 Å². The van der Waals surface area contributed by atoms with Gasteiger partial charge in [0.2, 0.25) is 5.69 Å². The molecule has 1 nitrogen and oxygen atoms in total. The average molecular weight is 268 g/mol. The highest BCUT2D eigenvalue weighted by Gasteiger charge is 2.25. The van der Waals surface area contributed by atoms with E-state index in [2.05, 4.69) is 82.8 Å². The summed E-state index contributed by atoms with van der Waals surface area (Å²) in [5.74, 6) is 0. The van der Waals surface area contributed by atoms with Crippen molar-refractivity contribution in [3.63, 3.8) is 0 Å². The lowest BCUT2D eigenvalue weighted by molar-refractivity contribution is -0.661. The van der Waals surface area contributed by atoms with Gasteiger partial charge < -0.3 is 0 Å². The molecule has 2 aromatic rings. The van der Waals surface area contributed by atoms with Gasteiger partial charge in [-0.3, -0.25) is 0 Å². The van der Waals surface area contributed by atoms with Gasteiger partial charge in [-0.2, -0.15) is 0 Å². The topological polar surface area (TPSA) is 3.88 Å². The van der Waals surface area contributed by atoms with E-state index in [1.54, 1.807) is 0 Å². The second-order valence-electron chi connectivity index (χ2n) is 6.42. The highest BCUT2D eigenvalue weighted by atomic mass is 14.9. The Kier molecular flexibility index (Phi) is 3.99. The number of aromatic nitrogens is 1. The molecule has 0 amide bonds. The molecule has 0 bridgehead atoms. The standard InChI is InChI=1S/C19H26N/c1-7-19(4,5)17-13-20(6)18(12-15(17)3)16-11-9-8-10-14(16)2/h8-13H,7H2,1-6H3/q+1. The summed E-state index contributed by atoms with van der Waals surface area (Å²) >= 11 is 0. The molecule has 0 aliphatic rings. The number of hydrogen-bond acceptors (Lipinski definition) is 0. The van der Waals surface area contributed by atoms with Crippen molar-refractivity contribution in [3.8, 4) is 11.3 Å². The van der Waals surface area contributed by atoms with E-state index in [0.29, 0.717) is 0 Å². The van der Waals surface area contributed by atoms with E-state index in [-0.39, 0.29) is 5.41 Å². The van der Waals surface area contributed by atoms with Crippen molar-refractivity contribution >= 4 is 0 Å². The highest BCUT2D eigenvalue weighted by Crippen LogP contribution is 2.30. The first-order valence-corrected chi connectivity index (χ1v) is 7.43. The lowest BCUT2D eigenvalue weighted by Gasteiger charge is -2.24. The molecule has 0 fully saturated rings. The van der Waals surface area contributed by atoms with Gasteiger partial charge in [-0.05, 0) is 42.9 Å². The van der Waals surface area contributed by atoms with Gasteiger partial charge >= 0.3 is 0 Å². The Labute approximate surface area is 123 Å². The molecule has 0 N–H and O–H groups in total. The Balaban J connectivity index is 2.60. The van der Waals surface area contributed by atoms with Crippen molar-refractivity contribution in [2.75, 3.05) is 0 Å². The summed E-state index contributed by atoms with van der Waals surface area (Å²) in [5, 5.41) is 0. The van der Waals surface area contributed by atoms with Crippen LogP contribution in [0.15, 0.2) is 36.5 Å². The molecule has 106 valence electrons. The number of aryl methyl sites for hydroxylation is 3. The minimum absolute atomic E-state index is 0.228. The molecule has 0 saturated heterocycles. The summed E-state index contributed by atoms with van der Waals surface area (Å²) in [6, 6.07) is 10.9. The van der Waals surface area contributed by atoms with Gasteiger partial charge in [-0.1, -0.05) is 39.0 Å². The second kappa shape index (κ2) is 5.40. The third kappa shape index (κ3) is 2.63. The van der Waals surface area contributed by atoms with E-state index in [9.17, 15) is 0 Å². The molecule has 2 rings (SSSR count). The number of rotatable bonds is 3. The van der Waals surface area contributed by atoms with Gasteiger partial charge in [0.15, 0.2) is 6.20 Å². The molecule has 0 aliphatic carbocycles. The Bertz CT molecular complexity index is 624. The van der Waals surface area contributed by atoms with Crippen LogP contribution in [-0.4, -0.2) is 0 Å². The summed E-state index contributed by atoms with van der Waals surface area (Å²) in [6.45, 7) is 11.3. The van der Waals surface area contributed by atoms with Gasteiger partial charge in [0.25, 0.3) is 0 Å². The smallest absolute Gasteiger partial charge is 0.201 e. The number of pyridine rings is 1. The third-order valence-electron chi connectivity index (χ3n) is 4.51. The van der Waals surface area contributed by atoms with Crippen LogP contribution in [0.1, 0.15) is 43.9 Å². The average Bonchev–Trinajstić information content (AvgIpc) is 2.41. The van der Waals surface area contributed by atoms with E-state index >= 15 is 0 Å². The first-order chi connectivity index (χ1) is 9.36. The zero-order chi connectivity index (χ0) is 14.9. The van der Waals surface area contributed by atoms with Crippen molar-refractivity contribution in [1.82, 2.24) is 0 Å². The number of hydrogen-bond donors (Lipinski definition) is 0. The van der Waals surface area contributed by atoms with E-state index in [1.807, 2.05) is 0 Å². The van der Waals surface area contributed by atoms with E-state index in [4.69, 9.17) is 0 Å². The van der Waals surface area contributed by atoms with Crippen LogP contribution < -0.4 is 4.57 Å². The quantitative estimate of drug-likeness (QED) is 0.722. The maximum atomic E-state index is 2.33. The van der Waals surface area contributed by atoms with Crippen LogP contribution in [0.3, 0.4) is 0 Å². The van der Waals surface area contributed by atoms with Crippen LogP contribution in [0.4, 0.5) is 0 Å². The summed E-state index contributed by atoms with van der Waals surface area (Å²) in [6.07, 6.45) is 3.46. The molecule has 1 heteroatoms. The molecule has 1 aromatic carbocycles. The highest BCUT2D eigenvalue weighted by molar-refractivity contribution is 5.61. The molecular weight excluding hydrogens is 242 g/mol. The summed E-state index contributed by atoms with van der Waals surface area (Å²) in [5.41, 5.74) is 6.99. The molecule has 1 heterocycles. The SMILES string of the molecule is CCC(C)(C)c1c[n+](C)c(-c2ccccc2C)cc1C. The number of nitrogens with zero attached hydrogens (tertiary/aromatic N) is 1. The van der Waals surface area contributed by atoms with Crippen LogP contribution in [0.25, 0.3) is 11.3 Å². The lowest BCUT2D eigenvalue weighted by Crippen LogP contribution is -2.34. The molecule has 0 saturated carbocycles. The van der Waals surface area contributed by atoms with E-state index in [1.165, 1.54) is 27.9 Å². The van der Waals surface area contributed by atoms with Gasteiger partial charge in [-0.15, -0.1) is 0 Å². The normalized spacial score (nSPS) is 11.7.